The first-order chi connectivity index (χ1) is 5.96. The van der Waals surface area contributed by atoms with Gasteiger partial charge in [0.1, 0.15) is 11.0 Å². The standard InChI is InChI=1S/C7H5FN2O2S/c8-7-5(4-9)2-1-3-6(7)13(10,11)12/h1-3H,(H2,10,11,12). The summed E-state index contributed by atoms with van der Waals surface area (Å²) in [7, 11) is -4.09. The van der Waals surface area contributed by atoms with Crippen molar-refractivity contribution in [1.82, 2.24) is 0 Å². The first-order valence-corrected chi connectivity index (χ1v) is 4.73. The van der Waals surface area contributed by atoms with Gasteiger partial charge in [0.2, 0.25) is 10.0 Å². The van der Waals surface area contributed by atoms with E-state index in [2.05, 4.69) is 0 Å². The van der Waals surface area contributed by atoms with E-state index in [9.17, 15) is 12.8 Å². The molecular formula is C7H5FN2O2S. The first kappa shape index (κ1) is 9.64. The lowest BCUT2D eigenvalue weighted by molar-refractivity contribution is 0.566. The predicted octanol–water partition coefficient (Wildman–Crippen LogP) is 0.345. The third-order valence-electron chi connectivity index (χ3n) is 1.39. The Hall–Kier alpha value is -1.45. The average molecular weight is 200 g/mol. The van der Waals surface area contributed by atoms with Gasteiger partial charge in [0, 0.05) is 0 Å². The maximum absolute atomic E-state index is 13.1. The highest BCUT2D eigenvalue weighted by Crippen LogP contribution is 2.15. The molecule has 0 heterocycles. The Morgan fingerprint density at radius 1 is 1.46 bits per heavy atom. The third kappa shape index (κ3) is 1.83. The molecule has 0 saturated heterocycles. The molecule has 0 fully saturated rings. The molecule has 0 aliphatic carbocycles. The molecule has 1 aromatic rings. The van der Waals surface area contributed by atoms with Gasteiger partial charge < -0.3 is 0 Å². The van der Waals surface area contributed by atoms with Crippen molar-refractivity contribution in [3.8, 4) is 6.07 Å². The fourth-order valence-electron chi connectivity index (χ4n) is 0.817. The topological polar surface area (TPSA) is 83.9 Å². The summed E-state index contributed by atoms with van der Waals surface area (Å²) in [6, 6.07) is 4.94. The lowest BCUT2D eigenvalue weighted by Gasteiger charge is -1.99. The minimum absolute atomic E-state index is 0.341. The summed E-state index contributed by atoms with van der Waals surface area (Å²) in [5, 5.41) is 13.1. The fourth-order valence-corrected chi connectivity index (χ4v) is 1.44. The van der Waals surface area contributed by atoms with E-state index in [1.807, 2.05) is 0 Å². The van der Waals surface area contributed by atoms with Gasteiger partial charge in [-0.1, -0.05) is 6.07 Å². The normalized spacial score (nSPS) is 10.8. The molecule has 0 atom stereocenters. The van der Waals surface area contributed by atoms with Crippen molar-refractivity contribution in [3.05, 3.63) is 29.6 Å². The summed E-state index contributed by atoms with van der Waals surface area (Å²) in [4.78, 5) is -0.661. The van der Waals surface area contributed by atoms with Crippen LogP contribution in [0.3, 0.4) is 0 Å². The van der Waals surface area contributed by atoms with E-state index in [4.69, 9.17) is 10.4 Å². The van der Waals surface area contributed by atoms with E-state index in [0.717, 1.165) is 6.07 Å². The van der Waals surface area contributed by atoms with Crippen molar-refractivity contribution in [2.24, 2.45) is 5.14 Å². The molecule has 0 bridgehead atoms. The zero-order valence-corrected chi connectivity index (χ0v) is 7.18. The van der Waals surface area contributed by atoms with Crippen molar-refractivity contribution in [3.63, 3.8) is 0 Å². The number of hydrogen-bond donors (Lipinski definition) is 1. The van der Waals surface area contributed by atoms with Crippen molar-refractivity contribution < 1.29 is 12.8 Å². The van der Waals surface area contributed by atoms with E-state index in [1.54, 1.807) is 0 Å². The molecule has 13 heavy (non-hydrogen) atoms. The molecule has 0 aliphatic heterocycles. The quantitative estimate of drug-likeness (QED) is 0.709. The number of hydrogen-bond acceptors (Lipinski definition) is 3. The number of sulfonamides is 1. The molecule has 6 heteroatoms. The van der Waals surface area contributed by atoms with Crippen LogP contribution in [-0.4, -0.2) is 8.42 Å². The Kier molecular flexibility index (Phi) is 2.32. The highest BCUT2D eigenvalue weighted by atomic mass is 32.2. The zero-order valence-electron chi connectivity index (χ0n) is 6.36. The molecule has 0 aliphatic rings. The summed E-state index contributed by atoms with van der Waals surface area (Å²) in [5.74, 6) is -1.10. The van der Waals surface area contributed by atoms with E-state index in [1.165, 1.54) is 18.2 Å². The minimum Gasteiger partial charge on any atom is -0.225 e. The minimum atomic E-state index is -4.09. The number of benzene rings is 1. The van der Waals surface area contributed by atoms with Crippen LogP contribution in [0.2, 0.25) is 0 Å². The molecule has 1 rings (SSSR count). The molecule has 2 N–H and O–H groups in total. The first-order valence-electron chi connectivity index (χ1n) is 3.18. The number of primary sulfonamides is 1. The molecule has 0 spiro atoms. The largest absolute Gasteiger partial charge is 0.241 e. The van der Waals surface area contributed by atoms with E-state index < -0.39 is 20.7 Å². The van der Waals surface area contributed by atoms with Crippen LogP contribution in [0.5, 0.6) is 0 Å². The van der Waals surface area contributed by atoms with Gasteiger partial charge in [0.25, 0.3) is 0 Å². The van der Waals surface area contributed by atoms with Crippen LogP contribution in [0.25, 0.3) is 0 Å². The Morgan fingerprint density at radius 3 is 2.54 bits per heavy atom. The molecular weight excluding hydrogens is 195 g/mol. The molecule has 0 radical (unpaired) electrons. The summed E-state index contributed by atoms with van der Waals surface area (Å²) >= 11 is 0. The van der Waals surface area contributed by atoms with Crippen molar-refractivity contribution >= 4 is 10.0 Å². The molecule has 0 aromatic heterocycles. The smallest absolute Gasteiger partial charge is 0.225 e. The number of halogens is 1. The third-order valence-corrected chi connectivity index (χ3v) is 2.32. The Morgan fingerprint density at radius 2 is 2.08 bits per heavy atom. The second-order valence-electron chi connectivity index (χ2n) is 2.27. The summed E-state index contributed by atoms with van der Waals surface area (Å²) in [6.07, 6.45) is 0. The van der Waals surface area contributed by atoms with Gasteiger partial charge in [-0.25, -0.2) is 17.9 Å². The number of nitrogens with zero attached hydrogens (tertiary/aromatic N) is 1. The van der Waals surface area contributed by atoms with Crippen LogP contribution in [0.1, 0.15) is 5.56 Å². The molecule has 0 unspecified atom stereocenters. The second kappa shape index (κ2) is 3.12. The van der Waals surface area contributed by atoms with Gasteiger partial charge in [-0.15, -0.1) is 0 Å². The van der Waals surface area contributed by atoms with Crippen molar-refractivity contribution in [2.45, 2.75) is 4.90 Å². The van der Waals surface area contributed by atoms with E-state index in [0.29, 0.717) is 0 Å². The van der Waals surface area contributed by atoms with Crippen LogP contribution >= 0.6 is 0 Å². The molecule has 0 amide bonds. The highest BCUT2D eigenvalue weighted by molar-refractivity contribution is 7.89. The lowest BCUT2D eigenvalue weighted by Crippen LogP contribution is -2.14. The van der Waals surface area contributed by atoms with Gasteiger partial charge in [0.05, 0.1) is 5.56 Å². The van der Waals surface area contributed by atoms with Gasteiger partial charge >= 0.3 is 0 Å². The van der Waals surface area contributed by atoms with Crippen LogP contribution in [-0.2, 0) is 10.0 Å². The maximum Gasteiger partial charge on any atom is 0.241 e. The van der Waals surface area contributed by atoms with Crippen molar-refractivity contribution in [2.75, 3.05) is 0 Å². The second-order valence-corrected chi connectivity index (χ2v) is 3.80. The SMILES string of the molecule is N#Cc1cccc(S(N)(=O)=O)c1F. The Labute approximate surface area is 74.5 Å². The van der Waals surface area contributed by atoms with Crippen LogP contribution in [0, 0.1) is 17.1 Å². The zero-order chi connectivity index (χ0) is 10.1. The molecule has 1 aromatic carbocycles. The Balaban J connectivity index is 3.53. The van der Waals surface area contributed by atoms with Gasteiger partial charge in [-0.2, -0.15) is 5.26 Å². The number of rotatable bonds is 1. The lowest BCUT2D eigenvalue weighted by atomic mass is 10.2. The van der Waals surface area contributed by atoms with Gasteiger partial charge in [0.15, 0.2) is 5.82 Å². The maximum atomic E-state index is 13.1. The fraction of sp³-hybridized carbons (Fsp3) is 0. The predicted molar refractivity (Wildman–Crippen MR) is 42.5 cm³/mol. The molecule has 0 saturated carbocycles. The Bertz CT molecular complexity index is 476. The van der Waals surface area contributed by atoms with E-state index in [-0.39, 0.29) is 5.56 Å². The van der Waals surface area contributed by atoms with Gasteiger partial charge in [-0.3, -0.25) is 0 Å². The highest BCUT2D eigenvalue weighted by Gasteiger charge is 2.16. The van der Waals surface area contributed by atoms with Crippen LogP contribution < -0.4 is 5.14 Å². The number of nitriles is 1. The molecule has 4 nitrogen and oxygen atoms in total. The van der Waals surface area contributed by atoms with Gasteiger partial charge in [-0.05, 0) is 12.1 Å². The van der Waals surface area contributed by atoms with Crippen LogP contribution in [0.4, 0.5) is 4.39 Å². The number of nitrogens with two attached hydrogens (primary N) is 1. The summed E-state index contributed by atoms with van der Waals surface area (Å²) < 4.78 is 34.6. The van der Waals surface area contributed by atoms with Crippen molar-refractivity contribution in [1.29, 1.82) is 5.26 Å². The summed E-state index contributed by atoms with van der Waals surface area (Å²) in [6.45, 7) is 0. The van der Waals surface area contributed by atoms with E-state index >= 15 is 0 Å². The monoisotopic (exact) mass is 200 g/mol. The van der Waals surface area contributed by atoms with Crippen LogP contribution in [0.15, 0.2) is 23.1 Å². The summed E-state index contributed by atoms with van der Waals surface area (Å²) in [5.41, 5.74) is -0.341. The average Bonchev–Trinajstić information content (AvgIpc) is 2.02. The molecule has 68 valence electrons.